The van der Waals surface area contributed by atoms with Crippen LogP contribution in [0.2, 0.25) is 0 Å². The molecule has 0 radical (unpaired) electrons. The van der Waals surface area contributed by atoms with Crippen LogP contribution in [0.15, 0.2) is 36.7 Å². The highest BCUT2D eigenvalue weighted by Gasteiger charge is 2.26. The van der Waals surface area contributed by atoms with Gasteiger partial charge in [0, 0.05) is 44.1 Å². The lowest BCUT2D eigenvalue weighted by atomic mass is 10.2. The Kier molecular flexibility index (Phi) is 4.99. The summed E-state index contributed by atoms with van der Waals surface area (Å²) in [5.41, 5.74) is 1.88. The minimum atomic E-state index is 0.728. The van der Waals surface area contributed by atoms with Crippen LogP contribution in [0.5, 0.6) is 0 Å². The lowest BCUT2D eigenvalue weighted by Crippen LogP contribution is -2.48. The molecule has 0 aliphatic carbocycles. The molecule has 0 unspecified atom stereocenters. The van der Waals surface area contributed by atoms with Crippen LogP contribution in [0.3, 0.4) is 0 Å². The van der Waals surface area contributed by atoms with Crippen molar-refractivity contribution in [1.82, 2.24) is 19.9 Å². The van der Waals surface area contributed by atoms with Crippen LogP contribution in [0, 0.1) is 6.92 Å². The Hall–Kier alpha value is -3.04. The van der Waals surface area contributed by atoms with Crippen LogP contribution in [0.25, 0.3) is 21.3 Å². The van der Waals surface area contributed by atoms with Gasteiger partial charge in [0.05, 0.1) is 29.6 Å². The van der Waals surface area contributed by atoms with E-state index in [1.165, 1.54) is 4.88 Å². The van der Waals surface area contributed by atoms with Gasteiger partial charge in [-0.3, -0.25) is 0 Å². The van der Waals surface area contributed by atoms with E-state index < -0.39 is 0 Å². The second-order valence-corrected chi connectivity index (χ2v) is 9.44. The summed E-state index contributed by atoms with van der Waals surface area (Å²) in [5.74, 6) is 2.99. The second-order valence-electron chi connectivity index (χ2n) is 8.21. The molecule has 2 aliphatic rings. The molecule has 0 bridgehead atoms. The average Bonchev–Trinajstić information content (AvgIpc) is 3.24. The summed E-state index contributed by atoms with van der Waals surface area (Å²) >= 11 is 1.72. The van der Waals surface area contributed by atoms with Crippen LogP contribution >= 0.6 is 11.3 Å². The molecule has 0 amide bonds. The molecule has 0 N–H and O–H groups in total. The number of thiophene rings is 1. The van der Waals surface area contributed by atoms with E-state index in [2.05, 4.69) is 37.7 Å². The molecular formula is C23H25N7OS. The van der Waals surface area contributed by atoms with Crippen molar-refractivity contribution >= 4 is 50.0 Å². The Morgan fingerprint density at radius 3 is 2.03 bits per heavy atom. The summed E-state index contributed by atoms with van der Waals surface area (Å²) in [6, 6.07) is 10.3. The highest BCUT2D eigenvalue weighted by Crippen LogP contribution is 2.33. The lowest BCUT2D eigenvalue weighted by molar-refractivity contribution is 0.122. The number of aromatic nitrogens is 4. The summed E-state index contributed by atoms with van der Waals surface area (Å²) in [6.07, 6.45) is 1.69. The van der Waals surface area contributed by atoms with Gasteiger partial charge in [-0.25, -0.2) is 19.9 Å². The van der Waals surface area contributed by atoms with E-state index in [-0.39, 0.29) is 0 Å². The minimum Gasteiger partial charge on any atom is -0.378 e. The Morgan fingerprint density at radius 2 is 1.38 bits per heavy atom. The summed E-state index contributed by atoms with van der Waals surface area (Å²) in [6.45, 7) is 8.79. The zero-order chi connectivity index (χ0) is 21.5. The van der Waals surface area contributed by atoms with Crippen LogP contribution < -0.4 is 14.7 Å². The molecule has 8 nitrogen and oxygen atoms in total. The van der Waals surface area contributed by atoms with Gasteiger partial charge < -0.3 is 19.4 Å². The first-order chi connectivity index (χ1) is 15.8. The van der Waals surface area contributed by atoms with E-state index in [1.54, 1.807) is 17.7 Å². The Morgan fingerprint density at radius 1 is 0.781 bits per heavy atom. The van der Waals surface area contributed by atoms with Crippen molar-refractivity contribution in [2.24, 2.45) is 0 Å². The molecule has 5 heterocycles. The molecule has 32 heavy (non-hydrogen) atoms. The normalized spacial score (nSPS) is 17.5. The SMILES string of the molecule is Cc1cc2c(N3CCN(c4nc5ccccc5nc4N4CCOCC4)CC3)ncnc2s1. The Bertz CT molecular complexity index is 1260. The number of benzene rings is 1. The summed E-state index contributed by atoms with van der Waals surface area (Å²) in [7, 11) is 0. The quantitative estimate of drug-likeness (QED) is 0.475. The van der Waals surface area contributed by atoms with Gasteiger partial charge in [-0.1, -0.05) is 12.1 Å². The van der Waals surface area contributed by atoms with Gasteiger partial charge in [0.25, 0.3) is 0 Å². The standard InChI is InChI=1S/C23H25N7OS/c1-16-14-17-20(24-15-25-23(17)32-16)28-6-8-29(9-7-28)21-22(30-10-12-31-13-11-30)27-19-5-3-2-4-18(19)26-21/h2-5,14-15H,6-13H2,1H3. The van der Waals surface area contributed by atoms with Gasteiger partial charge in [-0.2, -0.15) is 0 Å². The number of hydrogen-bond acceptors (Lipinski definition) is 9. The molecular weight excluding hydrogens is 422 g/mol. The van der Waals surface area contributed by atoms with Crippen LogP contribution in [0.4, 0.5) is 17.5 Å². The number of hydrogen-bond donors (Lipinski definition) is 0. The summed E-state index contributed by atoms with van der Waals surface area (Å²) in [5, 5.41) is 1.16. The molecule has 2 fully saturated rings. The van der Waals surface area contributed by atoms with Gasteiger partial charge in [0.1, 0.15) is 17.0 Å². The number of fused-ring (bicyclic) bond motifs is 2. The van der Waals surface area contributed by atoms with E-state index >= 15 is 0 Å². The fraction of sp³-hybridized carbons (Fsp3) is 0.391. The van der Waals surface area contributed by atoms with Gasteiger partial charge in [0.2, 0.25) is 0 Å². The highest BCUT2D eigenvalue weighted by molar-refractivity contribution is 7.18. The van der Waals surface area contributed by atoms with Crippen molar-refractivity contribution in [3.63, 3.8) is 0 Å². The van der Waals surface area contributed by atoms with Gasteiger partial charge in [-0.15, -0.1) is 11.3 Å². The maximum atomic E-state index is 5.57. The molecule has 2 saturated heterocycles. The number of para-hydroxylation sites is 2. The molecule has 6 rings (SSSR count). The van der Waals surface area contributed by atoms with Crippen molar-refractivity contribution in [2.75, 3.05) is 67.2 Å². The molecule has 0 saturated carbocycles. The van der Waals surface area contributed by atoms with Gasteiger partial charge in [-0.05, 0) is 25.1 Å². The van der Waals surface area contributed by atoms with Crippen molar-refractivity contribution in [3.8, 4) is 0 Å². The molecule has 0 spiro atoms. The maximum Gasteiger partial charge on any atom is 0.172 e. The van der Waals surface area contributed by atoms with Crippen molar-refractivity contribution < 1.29 is 4.74 Å². The zero-order valence-electron chi connectivity index (χ0n) is 18.1. The summed E-state index contributed by atoms with van der Waals surface area (Å²) < 4.78 is 5.57. The largest absolute Gasteiger partial charge is 0.378 e. The molecule has 0 atom stereocenters. The van der Waals surface area contributed by atoms with E-state index in [4.69, 9.17) is 14.7 Å². The van der Waals surface area contributed by atoms with Crippen LogP contribution in [0.1, 0.15) is 4.88 Å². The molecule has 164 valence electrons. The highest BCUT2D eigenvalue weighted by atomic mass is 32.1. The number of anilines is 3. The van der Waals surface area contributed by atoms with E-state index in [1.807, 2.05) is 24.3 Å². The predicted octanol–water partition coefficient (Wildman–Crippen LogP) is 3.11. The maximum absolute atomic E-state index is 5.57. The topological polar surface area (TPSA) is 70.5 Å². The third kappa shape index (κ3) is 3.51. The first kappa shape index (κ1) is 19.6. The number of aryl methyl sites for hydroxylation is 1. The minimum absolute atomic E-state index is 0.728. The molecule has 9 heteroatoms. The van der Waals surface area contributed by atoms with Crippen molar-refractivity contribution in [2.45, 2.75) is 6.92 Å². The van der Waals surface area contributed by atoms with Crippen LogP contribution in [-0.4, -0.2) is 72.4 Å². The fourth-order valence-corrected chi connectivity index (χ4v) is 5.37. The average molecular weight is 448 g/mol. The molecule has 2 aliphatic heterocycles. The Balaban J connectivity index is 1.30. The van der Waals surface area contributed by atoms with Crippen molar-refractivity contribution in [3.05, 3.63) is 41.5 Å². The Labute approximate surface area is 190 Å². The number of rotatable bonds is 3. The van der Waals surface area contributed by atoms with E-state index in [0.717, 1.165) is 91.2 Å². The zero-order valence-corrected chi connectivity index (χ0v) is 18.9. The van der Waals surface area contributed by atoms with Crippen LogP contribution in [-0.2, 0) is 4.74 Å². The number of nitrogens with zero attached hydrogens (tertiary/aromatic N) is 7. The van der Waals surface area contributed by atoms with Gasteiger partial charge in [0.15, 0.2) is 11.6 Å². The van der Waals surface area contributed by atoms with E-state index in [9.17, 15) is 0 Å². The first-order valence-electron chi connectivity index (χ1n) is 11.1. The summed E-state index contributed by atoms with van der Waals surface area (Å²) in [4.78, 5) is 28.5. The lowest BCUT2D eigenvalue weighted by Gasteiger charge is -2.38. The molecule has 4 aromatic rings. The number of ether oxygens (including phenoxy) is 1. The van der Waals surface area contributed by atoms with Crippen molar-refractivity contribution in [1.29, 1.82) is 0 Å². The number of piperazine rings is 1. The second kappa shape index (κ2) is 8.14. The van der Waals surface area contributed by atoms with Gasteiger partial charge >= 0.3 is 0 Å². The molecule has 3 aromatic heterocycles. The third-order valence-corrected chi connectivity index (χ3v) is 7.11. The number of morpholine rings is 1. The first-order valence-corrected chi connectivity index (χ1v) is 11.9. The monoisotopic (exact) mass is 447 g/mol. The van der Waals surface area contributed by atoms with E-state index in [0.29, 0.717) is 0 Å². The third-order valence-electron chi connectivity index (χ3n) is 6.16. The molecule has 1 aromatic carbocycles. The fourth-order valence-electron chi connectivity index (χ4n) is 4.53. The smallest absolute Gasteiger partial charge is 0.172 e. The predicted molar refractivity (Wildman–Crippen MR) is 129 cm³/mol.